The van der Waals surface area contributed by atoms with Crippen LogP contribution in [0.25, 0.3) is 0 Å². The Labute approximate surface area is 136 Å². The normalized spacial score (nSPS) is 23.7. The first-order valence-electron chi connectivity index (χ1n) is 7.96. The first kappa shape index (κ1) is 15.7. The fraction of sp³-hybridized carbons (Fsp3) is 0.588. The number of benzene rings is 1. The first-order chi connectivity index (χ1) is 10.7. The number of thioether (sulfide) groups is 1. The van der Waals surface area contributed by atoms with E-state index in [9.17, 15) is 9.90 Å². The lowest BCUT2D eigenvalue weighted by Crippen LogP contribution is -2.55. The van der Waals surface area contributed by atoms with E-state index in [2.05, 4.69) is 29.4 Å². The highest BCUT2D eigenvalue weighted by Crippen LogP contribution is 2.35. The summed E-state index contributed by atoms with van der Waals surface area (Å²) >= 11 is 1.90. The quantitative estimate of drug-likeness (QED) is 0.894. The van der Waals surface area contributed by atoms with Crippen LogP contribution in [-0.2, 0) is 4.79 Å². The van der Waals surface area contributed by atoms with E-state index in [4.69, 9.17) is 0 Å². The van der Waals surface area contributed by atoms with Crippen LogP contribution in [0.1, 0.15) is 30.7 Å². The highest BCUT2D eigenvalue weighted by atomic mass is 32.2. The molecule has 2 N–H and O–H groups in total. The Kier molecular flexibility index (Phi) is 4.64. The van der Waals surface area contributed by atoms with E-state index >= 15 is 0 Å². The zero-order valence-corrected chi connectivity index (χ0v) is 13.9. The zero-order chi connectivity index (χ0) is 15.6. The third-order valence-electron chi connectivity index (χ3n) is 4.93. The fourth-order valence-electron chi connectivity index (χ4n) is 3.43. The Morgan fingerprint density at radius 3 is 2.86 bits per heavy atom. The van der Waals surface area contributed by atoms with Gasteiger partial charge in [-0.3, -0.25) is 4.79 Å². The summed E-state index contributed by atoms with van der Waals surface area (Å²) < 4.78 is 0. The topological polar surface area (TPSA) is 52.6 Å². The van der Waals surface area contributed by atoms with Gasteiger partial charge in [-0.25, -0.2) is 0 Å². The number of aliphatic hydroxyl groups is 1. The van der Waals surface area contributed by atoms with Crippen LogP contribution in [0, 0.1) is 0 Å². The predicted molar refractivity (Wildman–Crippen MR) is 91.6 cm³/mol. The van der Waals surface area contributed by atoms with Crippen molar-refractivity contribution in [1.82, 2.24) is 5.32 Å². The Bertz CT molecular complexity index is 543. The fourth-order valence-corrected chi connectivity index (χ4v) is 4.71. The van der Waals surface area contributed by atoms with Crippen molar-refractivity contribution in [3.8, 4) is 0 Å². The van der Waals surface area contributed by atoms with E-state index in [1.54, 1.807) is 0 Å². The Hall–Kier alpha value is -1.20. The minimum absolute atomic E-state index is 0.0353. The van der Waals surface area contributed by atoms with Crippen LogP contribution in [0.3, 0.4) is 0 Å². The first-order valence-corrected chi connectivity index (χ1v) is 9.11. The average molecular weight is 320 g/mol. The summed E-state index contributed by atoms with van der Waals surface area (Å²) in [4.78, 5) is 15.1. The highest BCUT2D eigenvalue weighted by molar-refractivity contribution is 7.99. The smallest absolute Gasteiger partial charge is 0.228 e. The van der Waals surface area contributed by atoms with Gasteiger partial charge in [-0.2, -0.15) is 11.8 Å². The number of hydrogen-bond acceptors (Lipinski definition) is 4. The second kappa shape index (κ2) is 6.50. The number of hydrogen-bond donors (Lipinski definition) is 2. The van der Waals surface area contributed by atoms with Gasteiger partial charge in [0.05, 0.1) is 18.1 Å². The van der Waals surface area contributed by atoms with Gasteiger partial charge in [-0.1, -0.05) is 18.2 Å². The molecule has 0 bridgehead atoms. The largest absolute Gasteiger partial charge is 0.394 e. The molecule has 0 radical (unpaired) electrons. The molecular weight excluding hydrogens is 296 g/mol. The molecule has 0 spiro atoms. The van der Waals surface area contributed by atoms with Gasteiger partial charge >= 0.3 is 0 Å². The summed E-state index contributed by atoms with van der Waals surface area (Å²) in [6.07, 6.45) is 2.54. The lowest BCUT2D eigenvalue weighted by atomic mass is 9.87. The minimum atomic E-state index is -0.416. The maximum absolute atomic E-state index is 12.9. The van der Waals surface area contributed by atoms with Crippen molar-refractivity contribution >= 4 is 23.4 Å². The molecule has 0 aromatic heterocycles. The highest BCUT2D eigenvalue weighted by Gasteiger charge is 2.37. The van der Waals surface area contributed by atoms with Crippen molar-refractivity contribution in [3.05, 3.63) is 29.8 Å². The maximum atomic E-state index is 12.9. The van der Waals surface area contributed by atoms with Gasteiger partial charge in [0.25, 0.3) is 0 Å². The molecule has 120 valence electrons. The Morgan fingerprint density at radius 1 is 1.41 bits per heavy atom. The molecule has 4 nitrogen and oxygen atoms in total. The molecule has 2 aliphatic heterocycles. The van der Waals surface area contributed by atoms with E-state index < -0.39 is 5.54 Å². The van der Waals surface area contributed by atoms with E-state index in [1.807, 2.05) is 23.9 Å². The van der Waals surface area contributed by atoms with Crippen LogP contribution >= 0.6 is 11.8 Å². The third kappa shape index (κ3) is 2.97. The van der Waals surface area contributed by atoms with Gasteiger partial charge in [-0.15, -0.1) is 0 Å². The number of fused-ring (bicyclic) bond motifs is 1. The number of nitrogens with zero attached hydrogens (tertiary/aromatic N) is 1. The van der Waals surface area contributed by atoms with E-state index in [-0.39, 0.29) is 18.4 Å². The van der Waals surface area contributed by atoms with Crippen LogP contribution in [-0.4, -0.2) is 48.3 Å². The van der Waals surface area contributed by atoms with Gasteiger partial charge in [0, 0.05) is 19.3 Å². The Morgan fingerprint density at radius 2 is 2.14 bits per heavy atom. The van der Waals surface area contributed by atoms with Gasteiger partial charge < -0.3 is 15.3 Å². The molecule has 2 aliphatic rings. The summed E-state index contributed by atoms with van der Waals surface area (Å²) in [5.74, 6) is 1.97. The number of amides is 1. The standard InChI is InChI=1S/C17H24N2O2S/c1-19-9-6-14(13-4-2-3-5-15(13)19)16(21)18-17(12-20)7-10-22-11-8-17/h2-5,14,20H,6-12H2,1H3,(H,18,21). The van der Waals surface area contributed by atoms with Crippen LogP contribution < -0.4 is 10.2 Å². The predicted octanol–water partition coefficient (Wildman–Crippen LogP) is 1.98. The minimum Gasteiger partial charge on any atom is -0.394 e. The molecule has 22 heavy (non-hydrogen) atoms. The third-order valence-corrected chi connectivity index (χ3v) is 5.92. The van der Waals surface area contributed by atoms with Crippen molar-refractivity contribution in [2.45, 2.75) is 30.7 Å². The van der Waals surface area contributed by atoms with Crippen molar-refractivity contribution in [2.24, 2.45) is 0 Å². The molecule has 1 amide bonds. The molecule has 1 saturated heterocycles. The molecule has 1 atom stereocenters. The Balaban J connectivity index is 1.79. The van der Waals surface area contributed by atoms with E-state index in [0.29, 0.717) is 0 Å². The monoisotopic (exact) mass is 320 g/mol. The van der Waals surface area contributed by atoms with Crippen LogP contribution in [0.15, 0.2) is 24.3 Å². The molecule has 1 aromatic rings. The molecule has 3 rings (SSSR count). The molecule has 5 heteroatoms. The molecule has 0 aliphatic carbocycles. The average Bonchev–Trinajstić information content (AvgIpc) is 2.56. The van der Waals surface area contributed by atoms with Gasteiger partial charge in [0.2, 0.25) is 5.91 Å². The molecule has 1 unspecified atom stereocenters. The lowest BCUT2D eigenvalue weighted by Gasteiger charge is -2.39. The molecule has 0 saturated carbocycles. The van der Waals surface area contributed by atoms with Crippen molar-refractivity contribution < 1.29 is 9.90 Å². The second-order valence-corrected chi connectivity index (χ2v) is 7.59. The van der Waals surface area contributed by atoms with Crippen LogP contribution in [0.5, 0.6) is 0 Å². The number of rotatable bonds is 3. The zero-order valence-electron chi connectivity index (χ0n) is 13.0. The second-order valence-electron chi connectivity index (χ2n) is 6.36. The maximum Gasteiger partial charge on any atom is 0.228 e. The van der Waals surface area contributed by atoms with E-state index in [0.717, 1.165) is 48.6 Å². The van der Waals surface area contributed by atoms with E-state index in [1.165, 1.54) is 0 Å². The van der Waals surface area contributed by atoms with Gasteiger partial charge in [-0.05, 0) is 42.4 Å². The van der Waals surface area contributed by atoms with Gasteiger partial charge in [0.15, 0.2) is 0 Å². The summed E-state index contributed by atoms with van der Waals surface area (Å²) in [5, 5.41) is 13.0. The SMILES string of the molecule is CN1CCC(C(=O)NC2(CO)CCSCC2)c2ccccc21. The summed E-state index contributed by atoms with van der Waals surface area (Å²) in [5.41, 5.74) is 1.83. The van der Waals surface area contributed by atoms with Crippen molar-refractivity contribution in [2.75, 3.05) is 36.6 Å². The summed E-state index contributed by atoms with van der Waals surface area (Å²) in [6.45, 7) is 0.921. The van der Waals surface area contributed by atoms with Gasteiger partial charge in [0.1, 0.15) is 0 Å². The number of carbonyl (C=O) groups is 1. The number of carbonyl (C=O) groups excluding carboxylic acids is 1. The summed E-state index contributed by atoms with van der Waals surface area (Å²) in [6, 6.07) is 8.14. The lowest BCUT2D eigenvalue weighted by molar-refractivity contribution is -0.125. The summed E-state index contributed by atoms with van der Waals surface area (Å²) in [7, 11) is 2.07. The molecule has 2 heterocycles. The van der Waals surface area contributed by atoms with Crippen molar-refractivity contribution in [3.63, 3.8) is 0 Å². The van der Waals surface area contributed by atoms with Crippen LogP contribution in [0.2, 0.25) is 0 Å². The number of aliphatic hydroxyl groups excluding tert-OH is 1. The number of nitrogens with one attached hydrogen (secondary N) is 1. The molecule has 1 aromatic carbocycles. The molecule has 1 fully saturated rings. The molecular formula is C17H24N2O2S. The number of anilines is 1. The van der Waals surface area contributed by atoms with Crippen LogP contribution in [0.4, 0.5) is 5.69 Å². The number of para-hydroxylation sites is 1. The van der Waals surface area contributed by atoms with Crippen molar-refractivity contribution in [1.29, 1.82) is 0 Å².